The zero-order chi connectivity index (χ0) is 19.9. The van der Waals surface area contributed by atoms with Crippen molar-refractivity contribution in [3.63, 3.8) is 0 Å². The van der Waals surface area contributed by atoms with Crippen molar-refractivity contribution in [3.05, 3.63) is 65.2 Å². The van der Waals surface area contributed by atoms with E-state index in [0.29, 0.717) is 18.0 Å². The van der Waals surface area contributed by atoms with Crippen LogP contribution in [0.5, 0.6) is 0 Å². The van der Waals surface area contributed by atoms with E-state index < -0.39 is 12.8 Å². The fourth-order valence-electron chi connectivity index (χ4n) is 2.44. The molecule has 0 bridgehead atoms. The van der Waals surface area contributed by atoms with E-state index in [4.69, 9.17) is 5.73 Å². The minimum atomic E-state index is -4.32. The van der Waals surface area contributed by atoms with Gasteiger partial charge in [0, 0.05) is 5.69 Å². The van der Waals surface area contributed by atoms with Crippen LogP contribution in [0.4, 0.5) is 18.9 Å². The lowest BCUT2D eigenvalue weighted by Crippen LogP contribution is -2.22. The van der Waals surface area contributed by atoms with E-state index in [9.17, 15) is 13.2 Å². The van der Waals surface area contributed by atoms with Gasteiger partial charge < -0.3 is 15.8 Å². The Morgan fingerprint density at radius 2 is 1.81 bits per heavy atom. The van der Waals surface area contributed by atoms with E-state index in [-0.39, 0.29) is 12.6 Å². The van der Waals surface area contributed by atoms with Crippen molar-refractivity contribution in [2.75, 3.05) is 11.9 Å². The van der Waals surface area contributed by atoms with Crippen molar-refractivity contribution in [2.45, 2.75) is 39.1 Å². The average Bonchev–Trinajstić information content (AvgIpc) is 2.59. The predicted molar refractivity (Wildman–Crippen MR) is 102 cm³/mol. The molecular weight excluding hydrogens is 355 g/mol. The lowest BCUT2D eigenvalue weighted by Gasteiger charge is -2.10. The van der Waals surface area contributed by atoms with Gasteiger partial charge in [-0.15, -0.1) is 0 Å². The van der Waals surface area contributed by atoms with E-state index in [2.05, 4.69) is 35.0 Å². The Hall–Kier alpha value is -2.54. The summed E-state index contributed by atoms with van der Waals surface area (Å²) in [5, 5.41) is 3.05. The van der Waals surface area contributed by atoms with Crippen LogP contribution in [-0.4, -0.2) is 18.7 Å². The molecule has 0 aromatic heterocycles. The number of anilines is 1. The van der Waals surface area contributed by atoms with Gasteiger partial charge in [0.25, 0.3) is 0 Å². The van der Waals surface area contributed by atoms with Crippen LogP contribution in [0.2, 0.25) is 0 Å². The molecule has 0 saturated carbocycles. The van der Waals surface area contributed by atoms with Crippen molar-refractivity contribution in [2.24, 2.45) is 10.7 Å². The summed E-state index contributed by atoms with van der Waals surface area (Å²) in [6.45, 7) is 3.17. The maximum atomic E-state index is 12.1. The number of hydrogen-bond acceptors (Lipinski definition) is 2. The summed E-state index contributed by atoms with van der Waals surface area (Å²) in [6, 6.07) is 15.0. The quantitative estimate of drug-likeness (QED) is 0.536. The molecule has 0 spiro atoms. The number of aliphatic imine (C=N–C) groups is 1. The third kappa shape index (κ3) is 7.70. The number of rotatable bonds is 7. The van der Waals surface area contributed by atoms with Gasteiger partial charge in [-0.05, 0) is 34.7 Å². The summed E-state index contributed by atoms with van der Waals surface area (Å²) in [4.78, 5) is 4.29. The lowest BCUT2D eigenvalue weighted by atomic mass is 10.0. The van der Waals surface area contributed by atoms with Crippen LogP contribution in [0.3, 0.4) is 0 Å². The largest absolute Gasteiger partial charge is 0.411 e. The molecule has 2 aromatic rings. The van der Waals surface area contributed by atoms with Crippen molar-refractivity contribution < 1.29 is 17.9 Å². The van der Waals surface area contributed by atoms with Crippen LogP contribution >= 0.6 is 0 Å². The molecule has 3 N–H and O–H groups in total. The number of alkyl halides is 3. The summed E-state index contributed by atoms with van der Waals surface area (Å²) < 4.78 is 41.1. The highest BCUT2D eigenvalue weighted by Gasteiger charge is 2.27. The molecule has 2 rings (SSSR count). The maximum absolute atomic E-state index is 12.1. The topological polar surface area (TPSA) is 59.6 Å². The highest BCUT2D eigenvalue weighted by atomic mass is 19.4. The van der Waals surface area contributed by atoms with Gasteiger partial charge in [-0.1, -0.05) is 50.2 Å². The van der Waals surface area contributed by atoms with Crippen LogP contribution in [0, 0.1) is 0 Å². The molecule has 0 aliphatic carbocycles. The molecule has 0 amide bonds. The number of guanidine groups is 1. The van der Waals surface area contributed by atoms with E-state index in [1.807, 2.05) is 24.3 Å². The second kappa shape index (κ2) is 9.41. The molecule has 0 atom stereocenters. The monoisotopic (exact) mass is 379 g/mol. The van der Waals surface area contributed by atoms with Crippen molar-refractivity contribution in [1.82, 2.24) is 0 Å². The maximum Gasteiger partial charge on any atom is 0.411 e. The zero-order valence-corrected chi connectivity index (χ0v) is 15.4. The Morgan fingerprint density at radius 3 is 2.52 bits per heavy atom. The Morgan fingerprint density at radius 1 is 1.11 bits per heavy atom. The molecule has 0 fully saturated rings. The van der Waals surface area contributed by atoms with Crippen molar-refractivity contribution >= 4 is 11.6 Å². The van der Waals surface area contributed by atoms with Gasteiger partial charge in [-0.2, -0.15) is 13.2 Å². The Kier molecular flexibility index (Phi) is 7.24. The molecule has 7 heteroatoms. The lowest BCUT2D eigenvalue weighted by molar-refractivity contribution is -0.176. The molecule has 0 aliphatic heterocycles. The SMILES string of the molecule is CC(C)c1cccc(NC(N)=NCc2cccc(COCC(F)(F)F)c2)c1. The third-order valence-electron chi connectivity index (χ3n) is 3.78. The molecule has 0 unspecified atom stereocenters. The number of ether oxygens (including phenoxy) is 1. The molecule has 0 saturated heterocycles. The molecular formula is C20H24F3N3O. The molecule has 2 aromatic carbocycles. The van der Waals surface area contributed by atoms with Gasteiger partial charge in [-0.25, -0.2) is 4.99 Å². The number of benzene rings is 2. The average molecular weight is 379 g/mol. The van der Waals surface area contributed by atoms with E-state index in [1.54, 1.807) is 18.2 Å². The van der Waals surface area contributed by atoms with Crippen LogP contribution in [0.25, 0.3) is 0 Å². The molecule has 27 heavy (non-hydrogen) atoms. The summed E-state index contributed by atoms with van der Waals surface area (Å²) in [7, 11) is 0. The van der Waals surface area contributed by atoms with E-state index in [0.717, 1.165) is 11.3 Å². The van der Waals surface area contributed by atoms with Gasteiger partial charge in [0.05, 0.1) is 13.2 Å². The summed E-state index contributed by atoms with van der Waals surface area (Å²) in [5.74, 6) is 0.682. The first-order chi connectivity index (χ1) is 12.7. The van der Waals surface area contributed by atoms with Gasteiger partial charge in [-0.3, -0.25) is 0 Å². The zero-order valence-electron chi connectivity index (χ0n) is 15.4. The standard InChI is InChI=1S/C20H24F3N3O/c1-14(2)17-7-4-8-18(10-17)26-19(24)25-11-15-5-3-6-16(9-15)12-27-13-20(21,22)23/h3-10,14H,11-13H2,1-2H3,(H3,24,25,26). The van der Waals surface area contributed by atoms with Crippen LogP contribution in [-0.2, 0) is 17.9 Å². The Bertz CT molecular complexity index is 773. The second-order valence-corrected chi connectivity index (χ2v) is 6.53. The third-order valence-corrected chi connectivity index (χ3v) is 3.78. The highest BCUT2D eigenvalue weighted by Crippen LogP contribution is 2.18. The van der Waals surface area contributed by atoms with E-state index in [1.165, 1.54) is 5.56 Å². The van der Waals surface area contributed by atoms with Crippen LogP contribution < -0.4 is 11.1 Å². The minimum Gasteiger partial charge on any atom is -0.370 e. The summed E-state index contributed by atoms with van der Waals surface area (Å²) >= 11 is 0. The molecule has 146 valence electrons. The fraction of sp³-hybridized carbons (Fsp3) is 0.350. The minimum absolute atomic E-state index is 0.104. The number of halogens is 3. The number of nitrogens with two attached hydrogens (primary N) is 1. The number of nitrogens with zero attached hydrogens (tertiary/aromatic N) is 1. The molecule has 4 nitrogen and oxygen atoms in total. The van der Waals surface area contributed by atoms with Crippen LogP contribution in [0.1, 0.15) is 36.5 Å². The smallest absolute Gasteiger partial charge is 0.370 e. The highest BCUT2D eigenvalue weighted by molar-refractivity contribution is 5.92. The van der Waals surface area contributed by atoms with Crippen molar-refractivity contribution in [1.29, 1.82) is 0 Å². The van der Waals surface area contributed by atoms with Gasteiger partial charge >= 0.3 is 6.18 Å². The first-order valence-corrected chi connectivity index (χ1v) is 8.62. The Labute approximate surface area is 157 Å². The van der Waals surface area contributed by atoms with Gasteiger partial charge in [0.1, 0.15) is 6.61 Å². The van der Waals surface area contributed by atoms with Gasteiger partial charge in [0.2, 0.25) is 0 Å². The molecule has 0 aliphatic rings. The Balaban J connectivity index is 1.92. The summed E-state index contributed by atoms with van der Waals surface area (Å²) in [6.07, 6.45) is -4.32. The number of nitrogens with one attached hydrogen (secondary N) is 1. The van der Waals surface area contributed by atoms with Crippen molar-refractivity contribution in [3.8, 4) is 0 Å². The first-order valence-electron chi connectivity index (χ1n) is 8.62. The second-order valence-electron chi connectivity index (χ2n) is 6.53. The van der Waals surface area contributed by atoms with Gasteiger partial charge in [0.15, 0.2) is 5.96 Å². The fourth-order valence-corrected chi connectivity index (χ4v) is 2.44. The molecule has 0 radical (unpaired) electrons. The normalized spacial score (nSPS) is 12.4. The molecule has 0 heterocycles. The summed E-state index contributed by atoms with van der Waals surface area (Å²) in [5.41, 5.74) is 9.48. The predicted octanol–water partition coefficient (Wildman–Crippen LogP) is 4.82. The first kappa shape index (κ1) is 20.8. The van der Waals surface area contributed by atoms with E-state index >= 15 is 0 Å². The van der Waals surface area contributed by atoms with Crippen LogP contribution in [0.15, 0.2) is 53.5 Å². The number of hydrogen-bond donors (Lipinski definition) is 2.